The van der Waals surface area contributed by atoms with Gasteiger partial charge in [0, 0.05) is 5.69 Å². The van der Waals surface area contributed by atoms with E-state index in [2.05, 4.69) is 5.16 Å². The lowest BCUT2D eigenvalue weighted by molar-refractivity contribution is 0.445. The molecule has 2 aromatic rings. The molecule has 1 heterocycles. The Morgan fingerprint density at radius 3 is 2.91 bits per heavy atom. The Morgan fingerprint density at radius 1 is 1.27 bits per heavy atom. The molecule has 4 nitrogen and oxygen atoms in total. The molecule has 4 N–H and O–H groups in total. The smallest absolute Gasteiger partial charge is 0.230 e. The summed E-state index contributed by atoms with van der Waals surface area (Å²) in [6.07, 6.45) is 0. The summed E-state index contributed by atoms with van der Waals surface area (Å²) in [5.74, 6) is 0.333. The van der Waals surface area contributed by atoms with Crippen molar-refractivity contribution in [3.05, 3.63) is 18.2 Å². The molecule has 2 rings (SSSR count). The second kappa shape index (κ2) is 1.88. The van der Waals surface area contributed by atoms with Crippen molar-refractivity contribution < 1.29 is 4.52 Å². The normalized spacial score (nSPS) is 10.5. The molecular weight excluding hydrogens is 142 g/mol. The number of rotatable bonds is 0. The van der Waals surface area contributed by atoms with Gasteiger partial charge in [-0.05, 0) is 18.2 Å². The lowest BCUT2D eigenvalue weighted by Crippen LogP contribution is -1.83. The van der Waals surface area contributed by atoms with Gasteiger partial charge in [-0.15, -0.1) is 0 Å². The summed E-state index contributed by atoms with van der Waals surface area (Å²) in [5.41, 5.74) is 12.3. The van der Waals surface area contributed by atoms with E-state index in [1.807, 2.05) is 0 Å². The highest BCUT2D eigenvalue weighted by atomic mass is 16.5. The molecule has 0 amide bonds. The fourth-order valence-electron chi connectivity index (χ4n) is 0.980. The first-order valence-corrected chi connectivity index (χ1v) is 3.18. The molecule has 4 heteroatoms. The molecule has 0 fully saturated rings. The molecule has 1 aromatic heterocycles. The number of hydrogen-bond acceptors (Lipinski definition) is 4. The second-order valence-corrected chi connectivity index (χ2v) is 2.32. The van der Waals surface area contributed by atoms with E-state index in [9.17, 15) is 0 Å². The summed E-state index contributed by atoms with van der Waals surface area (Å²) in [7, 11) is 0. The molecule has 0 spiro atoms. The maximum atomic E-state index is 5.51. The Morgan fingerprint density at radius 2 is 2.09 bits per heavy atom. The van der Waals surface area contributed by atoms with Crippen LogP contribution in [-0.2, 0) is 0 Å². The van der Waals surface area contributed by atoms with E-state index < -0.39 is 0 Å². The van der Waals surface area contributed by atoms with E-state index in [1.165, 1.54) is 0 Å². The van der Waals surface area contributed by atoms with Crippen LogP contribution in [0.25, 0.3) is 10.9 Å². The van der Waals surface area contributed by atoms with Gasteiger partial charge in [-0.25, -0.2) is 0 Å². The Labute approximate surface area is 62.8 Å². The van der Waals surface area contributed by atoms with Crippen molar-refractivity contribution in [2.75, 3.05) is 11.5 Å². The summed E-state index contributed by atoms with van der Waals surface area (Å²) in [5, 5.41) is 4.50. The minimum atomic E-state index is 0.333. The lowest BCUT2D eigenvalue weighted by Gasteiger charge is -1.89. The summed E-state index contributed by atoms with van der Waals surface area (Å²) < 4.78 is 4.74. The summed E-state index contributed by atoms with van der Waals surface area (Å²) in [6, 6.07) is 5.27. The fraction of sp³-hybridized carbons (Fsp3) is 0. The molecule has 11 heavy (non-hydrogen) atoms. The number of aromatic nitrogens is 1. The Hall–Kier alpha value is -1.71. The molecular formula is C7H7N3O. The fourth-order valence-corrected chi connectivity index (χ4v) is 0.980. The number of nitrogen functional groups attached to an aromatic ring is 2. The van der Waals surface area contributed by atoms with Crippen LogP contribution in [0.5, 0.6) is 0 Å². The van der Waals surface area contributed by atoms with Gasteiger partial charge in [-0.1, -0.05) is 5.16 Å². The van der Waals surface area contributed by atoms with Gasteiger partial charge in [0.25, 0.3) is 0 Å². The molecule has 0 saturated heterocycles. The largest absolute Gasteiger partial charge is 0.399 e. The van der Waals surface area contributed by atoms with Crippen molar-refractivity contribution in [3.63, 3.8) is 0 Å². The van der Waals surface area contributed by atoms with Gasteiger partial charge < -0.3 is 16.0 Å². The molecule has 56 valence electrons. The van der Waals surface area contributed by atoms with E-state index in [1.54, 1.807) is 18.2 Å². The lowest BCUT2D eigenvalue weighted by atomic mass is 10.2. The molecule has 0 aliphatic heterocycles. The predicted molar refractivity (Wildman–Crippen MR) is 42.8 cm³/mol. The number of nitrogens with two attached hydrogens (primary N) is 2. The summed E-state index contributed by atoms with van der Waals surface area (Å²) >= 11 is 0. The molecule has 1 aromatic carbocycles. The zero-order valence-corrected chi connectivity index (χ0v) is 5.74. The molecule has 0 saturated carbocycles. The second-order valence-electron chi connectivity index (χ2n) is 2.32. The van der Waals surface area contributed by atoms with Crippen molar-refractivity contribution in [2.24, 2.45) is 0 Å². The topological polar surface area (TPSA) is 78.1 Å². The van der Waals surface area contributed by atoms with Crippen LogP contribution in [0.4, 0.5) is 11.6 Å². The zero-order valence-electron chi connectivity index (χ0n) is 5.74. The minimum Gasteiger partial charge on any atom is -0.399 e. The Kier molecular flexibility index (Phi) is 1.03. The first-order chi connectivity index (χ1) is 5.27. The van der Waals surface area contributed by atoms with E-state index in [4.69, 9.17) is 16.0 Å². The van der Waals surface area contributed by atoms with E-state index in [0.29, 0.717) is 17.1 Å². The SMILES string of the molecule is Nc1ccc2c(N)onc2c1. The number of anilines is 2. The van der Waals surface area contributed by atoms with Gasteiger partial charge in [0.1, 0.15) is 5.52 Å². The van der Waals surface area contributed by atoms with E-state index in [0.717, 1.165) is 5.39 Å². The third-order valence-electron chi connectivity index (χ3n) is 1.53. The summed E-state index contributed by atoms with van der Waals surface area (Å²) in [6.45, 7) is 0. The molecule has 0 radical (unpaired) electrons. The molecule has 0 unspecified atom stereocenters. The molecule has 0 aliphatic carbocycles. The standard InChI is InChI=1S/C7H7N3O/c8-4-1-2-5-6(3-4)10-11-7(5)9/h1-3H,8-9H2. The quantitative estimate of drug-likeness (QED) is 0.547. The first kappa shape index (κ1) is 6.03. The molecule has 0 atom stereocenters. The van der Waals surface area contributed by atoms with Crippen molar-refractivity contribution in [1.82, 2.24) is 5.16 Å². The highest BCUT2D eigenvalue weighted by molar-refractivity contribution is 5.89. The third kappa shape index (κ3) is 0.797. The van der Waals surface area contributed by atoms with Gasteiger partial charge in [-0.2, -0.15) is 0 Å². The van der Waals surface area contributed by atoms with Gasteiger partial charge in [0.2, 0.25) is 5.88 Å². The maximum Gasteiger partial charge on any atom is 0.230 e. The van der Waals surface area contributed by atoms with Crippen LogP contribution < -0.4 is 11.5 Å². The van der Waals surface area contributed by atoms with Crippen molar-refractivity contribution in [2.45, 2.75) is 0 Å². The molecule has 0 aliphatic rings. The maximum absolute atomic E-state index is 5.51. The van der Waals surface area contributed by atoms with Crippen LogP contribution in [0.2, 0.25) is 0 Å². The van der Waals surface area contributed by atoms with Crippen LogP contribution in [0, 0.1) is 0 Å². The van der Waals surface area contributed by atoms with Crippen molar-refractivity contribution in [1.29, 1.82) is 0 Å². The minimum absolute atomic E-state index is 0.333. The van der Waals surface area contributed by atoms with Crippen LogP contribution in [0.15, 0.2) is 22.7 Å². The monoisotopic (exact) mass is 149 g/mol. The van der Waals surface area contributed by atoms with E-state index in [-0.39, 0.29) is 0 Å². The van der Waals surface area contributed by atoms with Crippen molar-refractivity contribution in [3.8, 4) is 0 Å². The number of benzene rings is 1. The highest BCUT2D eigenvalue weighted by Crippen LogP contribution is 2.21. The van der Waals surface area contributed by atoms with Gasteiger partial charge in [0.15, 0.2) is 0 Å². The van der Waals surface area contributed by atoms with Gasteiger partial charge in [0.05, 0.1) is 5.39 Å². The Balaban J connectivity index is 2.86. The third-order valence-corrected chi connectivity index (χ3v) is 1.53. The predicted octanol–water partition coefficient (Wildman–Crippen LogP) is 0.992. The number of fused-ring (bicyclic) bond motifs is 1. The number of hydrogen-bond donors (Lipinski definition) is 2. The summed E-state index contributed by atoms with van der Waals surface area (Å²) in [4.78, 5) is 0. The van der Waals surface area contributed by atoms with Crippen LogP contribution in [0.3, 0.4) is 0 Å². The first-order valence-electron chi connectivity index (χ1n) is 3.18. The van der Waals surface area contributed by atoms with Crippen LogP contribution in [-0.4, -0.2) is 5.16 Å². The van der Waals surface area contributed by atoms with Gasteiger partial charge in [-0.3, -0.25) is 0 Å². The average molecular weight is 149 g/mol. The van der Waals surface area contributed by atoms with Crippen molar-refractivity contribution >= 4 is 22.5 Å². The van der Waals surface area contributed by atoms with E-state index >= 15 is 0 Å². The average Bonchev–Trinajstić information content (AvgIpc) is 2.32. The van der Waals surface area contributed by atoms with Gasteiger partial charge >= 0.3 is 0 Å². The zero-order chi connectivity index (χ0) is 7.84. The molecule has 0 bridgehead atoms. The van der Waals surface area contributed by atoms with Crippen LogP contribution >= 0.6 is 0 Å². The highest BCUT2D eigenvalue weighted by Gasteiger charge is 2.02. The number of nitrogens with zero attached hydrogens (tertiary/aromatic N) is 1. The van der Waals surface area contributed by atoms with Crippen LogP contribution in [0.1, 0.15) is 0 Å². The Bertz CT molecular complexity index is 393.